The number of hydrogen-bond acceptors (Lipinski definition) is 1. The number of thiol groups is 1. The summed E-state index contributed by atoms with van der Waals surface area (Å²) in [6.07, 6.45) is 4.18. The summed E-state index contributed by atoms with van der Waals surface area (Å²) in [6.45, 7) is 14.7. The summed E-state index contributed by atoms with van der Waals surface area (Å²) in [4.78, 5) is 0. The first-order chi connectivity index (χ1) is 8.43. The standard InChI is InChI=1S/C17H34S/c1-7-11(2)12(3)13(4)14(5)15(6)17-9-8-16(17)10-18/h11-18H,7-10H2,1-6H3. The number of rotatable bonds is 7. The second-order valence-corrected chi connectivity index (χ2v) is 7.37. The van der Waals surface area contributed by atoms with E-state index in [2.05, 4.69) is 54.2 Å². The van der Waals surface area contributed by atoms with Crippen molar-refractivity contribution in [3.8, 4) is 0 Å². The van der Waals surface area contributed by atoms with Crippen LogP contribution in [0.3, 0.4) is 0 Å². The monoisotopic (exact) mass is 270 g/mol. The fraction of sp³-hybridized carbons (Fsp3) is 1.00. The van der Waals surface area contributed by atoms with Crippen LogP contribution in [0.4, 0.5) is 0 Å². The maximum Gasteiger partial charge on any atom is -0.00667 e. The van der Waals surface area contributed by atoms with E-state index in [0.717, 1.165) is 47.2 Å². The van der Waals surface area contributed by atoms with Crippen molar-refractivity contribution in [2.24, 2.45) is 41.4 Å². The summed E-state index contributed by atoms with van der Waals surface area (Å²) >= 11 is 4.51. The van der Waals surface area contributed by atoms with Gasteiger partial charge in [-0.25, -0.2) is 0 Å². The lowest BCUT2D eigenvalue weighted by molar-refractivity contribution is 0.0576. The van der Waals surface area contributed by atoms with E-state index in [1.165, 1.54) is 19.3 Å². The molecule has 0 nitrogen and oxygen atoms in total. The molecule has 1 aliphatic carbocycles. The molecule has 0 N–H and O–H groups in total. The van der Waals surface area contributed by atoms with Gasteiger partial charge >= 0.3 is 0 Å². The van der Waals surface area contributed by atoms with Gasteiger partial charge in [-0.1, -0.05) is 48.0 Å². The Morgan fingerprint density at radius 1 is 0.944 bits per heavy atom. The number of hydrogen-bond donors (Lipinski definition) is 1. The van der Waals surface area contributed by atoms with Crippen LogP contribution in [0.15, 0.2) is 0 Å². The van der Waals surface area contributed by atoms with E-state index in [9.17, 15) is 0 Å². The molecule has 0 aromatic heterocycles. The third kappa shape index (κ3) is 3.46. The van der Waals surface area contributed by atoms with Crippen molar-refractivity contribution in [3.05, 3.63) is 0 Å². The minimum atomic E-state index is 0.844. The molecule has 7 atom stereocenters. The van der Waals surface area contributed by atoms with Gasteiger partial charge in [0, 0.05) is 0 Å². The quantitative estimate of drug-likeness (QED) is 0.577. The minimum absolute atomic E-state index is 0.844. The van der Waals surface area contributed by atoms with E-state index in [0.29, 0.717) is 0 Å². The van der Waals surface area contributed by atoms with Gasteiger partial charge in [-0.3, -0.25) is 0 Å². The highest BCUT2D eigenvalue weighted by Gasteiger charge is 2.38. The Labute approximate surface area is 121 Å². The molecule has 0 aromatic carbocycles. The summed E-state index contributed by atoms with van der Waals surface area (Å²) < 4.78 is 0. The smallest absolute Gasteiger partial charge is 0.00667 e. The van der Waals surface area contributed by atoms with Crippen LogP contribution in [-0.4, -0.2) is 5.75 Å². The summed E-state index contributed by atoms with van der Waals surface area (Å²) in [5, 5.41) is 0. The van der Waals surface area contributed by atoms with Crippen LogP contribution >= 0.6 is 12.6 Å². The van der Waals surface area contributed by atoms with Gasteiger partial charge in [0.1, 0.15) is 0 Å². The molecule has 1 rings (SSSR count). The fourth-order valence-corrected chi connectivity index (χ4v) is 4.20. The third-order valence-electron chi connectivity index (χ3n) is 6.42. The van der Waals surface area contributed by atoms with Gasteiger partial charge in [0.05, 0.1) is 0 Å². The molecule has 0 heterocycles. The summed E-state index contributed by atoms with van der Waals surface area (Å²) in [6, 6.07) is 0. The third-order valence-corrected chi connectivity index (χ3v) is 6.88. The van der Waals surface area contributed by atoms with Gasteiger partial charge in [0.15, 0.2) is 0 Å². The Kier molecular flexibility index (Phi) is 6.58. The van der Waals surface area contributed by atoms with Crippen molar-refractivity contribution in [1.29, 1.82) is 0 Å². The molecule has 0 aliphatic heterocycles. The molecule has 18 heavy (non-hydrogen) atoms. The molecule has 0 spiro atoms. The minimum Gasteiger partial charge on any atom is -0.179 e. The van der Waals surface area contributed by atoms with Crippen molar-refractivity contribution >= 4 is 12.6 Å². The van der Waals surface area contributed by atoms with Crippen molar-refractivity contribution < 1.29 is 0 Å². The highest BCUT2D eigenvalue weighted by molar-refractivity contribution is 7.80. The van der Waals surface area contributed by atoms with Crippen LogP contribution in [-0.2, 0) is 0 Å². The molecular formula is C17H34S. The van der Waals surface area contributed by atoms with Gasteiger partial charge in [-0.05, 0) is 60.0 Å². The average molecular weight is 271 g/mol. The molecule has 1 fully saturated rings. The Hall–Kier alpha value is 0.350. The first kappa shape index (κ1) is 16.4. The van der Waals surface area contributed by atoms with Crippen LogP contribution in [0.5, 0.6) is 0 Å². The van der Waals surface area contributed by atoms with Crippen LogP contribution in [0.25, 0.3) is 0 Å². The predicted molar refractivity (Wildman–Crippen MR) is 86.2 cm³/mol. The van der Waals surface area contributed by atoms with Crippen molar-refractivity contribution in [2.75, 3.05) is 5.75 Å². The van der Waals surface area contributed by atoms with Crippen LogP contribution in [0.1, 0.15) is 60.8 Å². The zero-order chi connectivity index (χ0) is 13.9. The largest absolute Gasteiger partial charge is 0.179 e. The Balaban J connectivity index is 2.54. The zero-order valence-electron chi connectivity index (χ0n) is 13.3. The predicted octanol–water partition coefficient (Wildman–Crippen LogP) is 5.53. The molecule has 7 unspecified atom stereocenters. The molecule has 0 amide bonds. The second-order valence-electron chi connectivity index (χ2n) is 7.01. The van der Waals surface area contributed by atoms with Crippen LogP contribution in [0.2, 0.25) is 0 Å². The van der Waals surface area contributed by atoms with E-state index < -0.39 is 0 Å². The molecule has 108 valence electrons. The van der Waals surface area contributed by atoms with Crippen molar-refractivity contribution in [3.63, 3.8) is 0 Å². The maximum absolute atomic E-state index is 4.51. The molecular weight excluding hydrogens is 236 g/mol. The first-order valence-corrected chi connectivity index (χ1v) is 8.68. The average Bonchev–Trinajstić information content (AvgIpc) is 2.34. The highest BCUT2D eigenvalue weighted by atomic mass is 32.1. The lowest BCUT2D eigenvalue weighted by atomic mass is 9.61. The van der Waals surface area contributed by atoms with Gasteiger partial charge in [-0.15, -0.1) is 0 Å². The molecule has 0 aromatic rings. The van der Waals surface area contributed by atoms with E-state index in [4.69, 9.17) is 0 Å². The highest BCUT2D eigenvalue weighted by Crippen LogP contribution is 2.45. The normalized spacial score (nSPS) is 32.2. The Morgan fingerprint density at radius 2 is 1.56 bits per heavy atom. The van der Waals surface area contributed by atoms with Gasteiger partial charge < -0.3 is 0 Å². The van der Waals surface area contributed by atoms with Crippen LogP contribution in [0, 0.1) is 41.4 Å². The lowest BCUT2D eigenvalue weighted by Gasteiger charge is -2.45. The first-order valence-electron chi connectivity index (χ1n) is 8.04. The second kappa shape index (κ2) is 7.22. The van der Waals surface area contributed by atoms with Crippen molar-refractivity contribution in [1.82, 2.24) is 0 Å². The Morgan fingerprint density at radius 3 is 1.94 bits per heavy atom. The van der Waals surface area contributed by atoms with Gasteiger partial charge in [0.2, 0.25) is 0 Å². The summed E-state index contributed by atoms with van der Waals surface area (Å²) in [7, 11) is 0. The van der Waals surface area contributed by atoms with Gasteiger partial charge in [0.25, 0.3) is 0 Å². The maximum atomic E-state index is 4.51. The van der Waals surface area contributed by atoms with E-state index in [1.807, 2.05) is 0 Å². The van der Waals surface area contributed by atoms with Gasteiger partial charge in [-0.2, -0.15) is 12.6 Å². The van der Waals surface area contributed by atoms with Crippen molar-refractivity contribution in [2.45, 2.75) is 60.8 Å². The fourth-order valence-electron chi connectivity index (χ4n) is 3.75. The molecule has 0 saturated heterocycles. The topological polar surface area (TPSA) is 0 Å². The summed E-state index contributed by atoms with van der Waals surface area (Å²) in [5.74, 6) is 7.21. The summed E-state index contributed by atoms with van der Waals surface area (Å²) in [5.41, 5.74) is 0. The SMILES string of the molecule is CCC(C)C(C)C(C)C(C)C(C)C1CCC1CS. The van der Waals surface area contributed by atoms with E-state index in [-0.39, 0.29) is 0 Å². The molecule has 1 aliphatic rings. The Bertz CT molecular complexity index is 221. The zero-order valence-corrected chi connectivity index (χ0v) is 14.2. The van der Waals surface area contributed by atoms with E-state index >= 15 is 0 Å². The van der Waals surface area contributed by atoms with Crippen LogP contribution < -0.4 is 0 Å². The molecule has 1 saturated carbocycles. The molecule has 1 heteroatoms. The molecule has 0 radical (unpaired) electrons. The lowest BCUT2D eigenvalue weighted by Crippen LogP contribution is -2.38. The van der Waals surface area contributed by atoms with E-state index in [1.54, 1.807) is 0 Å². The molecule has 0 bridgehead atoms.